The monoisotopic (exact) mass is 264 g/mol. The van der Waals surface area contributed by atoms with Crippen LogP contribution in [0.25, 0.3) is 0 Å². The average Bonchev–Trinajstić information content (AvgIpc) is 2.40. The van der Waals surface area contributed by atoms with Gasteiger partial charge in [-0.3, -0.25) is 4.79 Å². The largest absolute Gasteiger partial charge is 0.399 e. The van der Waals surface area contributed by atoms with Crippen LogP contribution in [-0.2, 0) is 0 Å². The first kappa shape index (κ1) is 13.3. The minimum atomic E-state index is -0.00183. The highest BCUT2D eigenvalue weighted by molar-refractivity contribution is 7.99. The number of hydrogen-bond donors (Lipinski definition) is 2. The number of nitrogens with two attached hydrogens (primary N) is 1. The number of aryl methyl sites for hydroxylation is 1. The van der Waals surface area contributed by atoms with Gasteiger partial charge in [-0.15, -0.1) is 0 Å². The second kappa shape index (κ2) is 6.14. The Morgan fingerprint density at radius 2 is 2.17 bits per heavy atom. The van der Waals surface area contributed by atoms with Crippen LogP contribution in [-0.4, -0.2) is 24.0 Å². The van der Waals surface area contributed by atoms with E-state index in [4.69, 9.17) is 5.73 Å². The van der Waals surface area contributed by atoms with Gasteiger partial charge >= 0.3 is 0 Å². The molecule has 0 spiro atoms. The van der Waals surface area contributed by atoms with E-state index in [2.05, 4.69) is 5.32 Å². The van der Waals surface area contributed by atoms with E-state index in [0.29, 0.717) is 17.2 Å². The summed E-state index contributed by atoms with van der Waals surface area (Å²) < 4.78 is 0. The summed E-state index contributed by atoms with van der Waals surface area (Å²) in [6.45, 7) is 2.72. The number of hydrogen-bond acceptors (Lipinski definition) is 3. The van der Waals surface area contributed by atoms with Crippen LogP contribution in [0, 0.1) is 12.8 Å². The third-order valence-electron chi connectivity index (χ3n) is 3.40. The minimum Gasteiger partial charge on any atom is -0.399 e. The summed E-state index contributed by atoms with van der Waals surface area (Å²) in [6.07, 6.45) is 2.42. The van der Waals surface area contributed by atoms with Crippen molar-refractivity contribution in [2.45, 2.75) is 19.8 Å². The fourth-order valence-electron chi connectivity index (χ4n) is 2.17. The SMILES string of the molecule is Cc1ccc(N)cc1C(=O)NCC1CCSCC1. The van der Waals surface area contributed by atoms with Crippen molar-refractivity contribution in [2.24, 2.45) is 5.92 Å². The first-order valence-electron chi connectivity index (χ1n) is 6.39. The second-order valence-corrected chi connectivity index (χ2v) is 6.06. The number of rotatable bonds is 3. The van der Waals surface area contributed by atoms with Crippen LogP contribution in [0.3, 0.4) is 0 Å². The Labute approximate surface area is 113 Å². The number of amides is 1. The summed E-state index contributed by atoms with van der Waals surface area (Å²) in [5.41, 5.74) is 8.03. The highest BCUT2D eigenvalue weighted by Crippen LogP contribution is 2.22. The molecule has 3 N–H and O–H groups in total. The molecule has 1 amide bonds. The molecular weight excluding hydrogens is 244 g/mol. The minimum absolute atomic E-state index is 0.00183. The molecule has 98 valence electrons. The van der Waals surface area contributed by atoms with Crippen molar-refractivity contribution in [2.75, 3.05) is 23.8 Å². The third-order valence-corrected chi connectivity index (χ3v) is 4.45. The predicted molar refractivity (Wildman–Crippen MR) is 78.0 cm³/mol. The molecule has 0 atom stereocenters. The van der Waals surface area contributed by atoms with Gasteiger partial charge in [0.15, 0.2) is 0 Å². The molecule has 1 heterocycles. The van der Waals surface area contributed by atoms with Crippen LogP contribution in [0.4, 0.5) is 5.69 Å². The van der Waals surface area contributed by atoms with Gasteiger partial charge in [0.25, 0.3) is 5.91 Å². The molecule has 1 aliphatic rings. The van der Waals surface area contributed by atoms with Crippen molar-refractivity contribution in [1.29, 1.82) is 0 Å². The first-order valence-corrected chi connectivity index (χ1v) is 7.54. The normalized spacial score (nSPS) is 16.5. The Morgan fingerprint density at radius 1 is 1.44 bits per heavy atom. The van der Waals surface area contributed by atoms with Crippen molar-refractivity contribution in [3.05, 3.63) is 29.3 Å². The smallest absolute Gasteiger partial charge is 0.251 e. The summed E-state index contributed by atoms with van der Waals surface area (Å²) in [5, 5.41) is 3.03. The van der Waals surface area contributed by atoms with Gasteiger partial charge in [0, 0.05) is 17.8 Å². The number of carbonyl (C=O) groups excluding carboxylic acids is 1. The molecule has 4 heteroatoms. The Balaban J connectivity index is 1.92. The molecule has 0 saturated carbocycles. The van der Waals surface area contributed by atoms with Crippen LogP contribution in [0.5, 0.6) is 0 Å². The lowest BCUT2D eigenvalue weighted by Crippen LogP contribution is -2.31. The maximum Gasteiger partial charge on any atom is 0.251 e. The van der Waals surface area contributed by atoms with Crippen molar-refractivity contribution < 1.29 is 4.79 Å². The number of nitrogen functional groups attached to an aromatic ring is 1. The number of thioether (sulfide) groups is 1. The fourth-order valence-corrected chi connectivity index (χ4v) is 3.37. The van der Waals surface area contributed by atoms with Gasteiger partial charge in [0.2, 0.25) is 0 Å². The lowest BCUT2D eigenvalue weighted by atomic mass is 10.0. The molecule has 1 aromatic carbocycles. The highest BCUT2D eigenvalue weighted by Gasteiger charge is 2.16. The molecular formula is C14H20N2OS. The lowest BCUT2D eigenvalue weighted by Gasteiger charge is -2.21. The molecule has 0 radical (unpaired) electrons. The summed E-state index contributed by atoms with van der Waals surface area (Å²) >= 11 is 2.00. The first-order chi connectivity index (χ1) is 8.66. The molecule has 18 heavy (non-hydrogen) atoms. The summed E-state index contributed by atoms with van der Waals surface area (Å²) in [7, 11) is 0. The molecule has 0 aromatic heterocycles. The van der Waals surface area contributed by atoms with Crippen LogP contribution >= 0.6 is 11.8 Å². The Bertz CT molecular complexity index is 428. The van der Waals surface area contributed by atoms with Gasteiger partial charge in [-0.2, -0.15) is 11.8 Å². The average molecular weight is 264 g/mol. The van der Waals surface area contributed by atoms with Crippen molar-refractivity contribution >= 4 is 23.4 Å². The van der Waals surface area contributed by atoms with Crippen molar-refractivity contribution in [3.8, 4) is 0 Å². The van der Waals surface area contributed by atoms with E-state index in [0.717, 1.165) is 12.1 Å². The van der Waals surface area contributed by atoms with E-state index < -0.39 is 0 Å². The van der Waals surface area contributed by atoms with E-state index in [1.165, 1.54) is 24.3 Å². The summed E-state index contributed by atoms with van der Waals surface area (Å²) in [5.74, 6) is 3.07. The van der Waals surface area contributed by atoms with E-state index in [1.54, 1.807) is 6.07 Å². The number of nitrogens with one attached hydrogen (secondary N) is 1. The molecule has 1 saturated heterocycles. The zero-order valence-electron chi connectivity index (χ0n) is 10.7. The van der Waals surface area contributed by atoms with Gasteiger partial charge < -0.3 is 11.1 Å². The molecule has 0 bridgehead atoms. The number of anilines is 1. The Hall–Kier alpha value is -1.16. The number of benzene rings is 1. The van der Waals surface area contributed by atoms with E-state index in [9.17, 15) is 4.79 Å². The topological polar surface area (TPSA) is 55.1 Å². The van der Waals surface area contributed by atoms with Gasteiger partial charge in [-0.1, -0.05) is 6.07 Å². The van der Waals surface area contributed by atoms with Crippen molar-refractivity contribution in [1.82, 2.24) is 5.32 Å². The standard InChI is InChI=1S/C14H20N2OS/c1-10-2-3-12(15)8-13(10)14(17)16-9-11-4-6-18-7-5-11/h2-3,8,11H,4-7,9,15H2,1H3,(H,16,17). The fraction of sp³-hybridized carbons (Fsp3) is 0.500. The predicted octanol–water partition coefficient (Wildman–Crippen LogP) is 2.45. The third kappa shape index (κ3) is 3.42. The van der Waals surface area contributed by atoms with Crippen LogP contribution < -0.4 is 11.1 Å². The summed E-state index contributed by atoms with van der Waals surface area (Å²) in [4.78, 5) is 12.1. The maximum absolute atomic E-state index is 12.1. The van der Waals surface area contributed by atoms with Gasteiger partial charge in [-0.25, -0.2) is 0 Å². The maximum atomic E-state index is 12.1. The van der Waals surface area contributed by atoms with Gasteiger partial charge in [-0.05, 0) is 54.9 Å². The van der Waals surface area contributed by atoms with Crippen LogP contribution in [0.1, 0.15) is 28.8 Å². The Morgan fingerprint density at radius 3 is 2.89 bits per heavy atom. The highest BCUT2D eigenvalue weighted by atomic mass is 32.2. The quantitative estimate of drug-likeness (QED) is 0.825. The van der Waals surface area contributed by atoms with Crippen molar-refractivity contribution in [3.63, 3.8) is 0 Å². The Kier molecular flexibility index (Phi) is 4.53. The molecule has 1 aliphatic heterocycles. The molecule has 1 fully saturated rings. The van der Waals surface area contributed by atoms with E-state index in [1.807, 2.05) is 30.8 Å². The molecule has 2 rings (SSSR count). The zero-order chi connectivity index (χ0) is 13.0. The van der Waals surface area contributed by atoms with Gasteiger partial charge in [0.1, 0.15) is 0 Å². The molecule has 0 aliphatic carbocycles. The zero-order valence-corrected chi connectivity index (χ0v) is 11.6. The van der Waals surface area contributed by atoms with Gasteiger partial charge in [0.05, 0.1) is 0 Å². The molecule has 1 aromatic rings. The number of carbonyl (C=O) groups is 1. The second-order valence-electron chi connectivity index (χ2n) is 4.84. The van der Waals surface area contributed by atoms with E-state index >= 15 is 0 Å². The summed E-state index contributed by atoms with van der Waals surface area (Å²) in [6, 6.07) is 5.47. The lowest BCUT2D eigenvalue weighted by molar-refractivity contribution is 0.0946. The van der Waals surface area contributed by atoms with Crippen LogP contribution in [0.15, 0.2) is 18.2 Å². The van der Waals surface area contributed by atoms with Crippen LogP contribution in [0.2, 0.25) is 0 Å². The van der Waals surface area contributed by atoms with E-state index in [-0.39, 0.29) is 5.91 Å². The molecule has 3 nitrogen and oxygen atoms in total. The molecule has 0 unspecified atom stereocenters.